The summed E-state index contributed by atoms with van der Waals surface area (Å²) in [4.78, 5) is 16.5. The molecule has 1 aliphatic rings. The van der Waals surface area contributed by atoms with Crippen molar-refractivity contribution in [2.75, 3.05) is 33.7 Å². The zero-order valence-electron chi connectivity index (χ0n) is 13.6. The molecular formula is C17H27N3O. The molecular weight excluding hydrogens is 262 g/mol. The number of nitrogens with one attached hydrogen (secondary N) is 1. The number of amides is 1. The Kier molecular flexibility index (Phi) is 5.37. The summed E-state index contributed by atoms with van der Waals surface area (Å²) in [5.41, 5.74) is 2.58. The second kappa shape index (κ2) is 7.05. The quantitative estimate of drug-likeness (QED) is 0.918. The van der Waals surface area contributed by atoms with Crippen molar-refractivity contribution in [2.24, 2.45) is 0 Å². The van der Waals surface area contributed by atoms with Gasteiger partial charge in [-0.25, -0.2) is 0 Å². The average molecular weight is 289 g/mol. The van der Waals surface area contributed by atoms with E-state index in [-0.39, 0.29) is 11.9 Å². The number of carbonyl (C=O) groups excluding carboxylic acids is 1. The minimum absolute atomic E-state index is 0.0694. The predicted molar refractivity (Wildman–Crippen MR) is 86.3 cm³/mol. The summed E-state index contributed by atoms with van der Waals surface area (Å²) in [6.45, 7) is 6.90. The van der Waals surface area contributed by atoms with Crippen molar-refractivity contribution in [3.63, 3.8) is 0 Å². The molecule has 0 spiro atoms. The molecule has 2 atom stereocenters. The van der Waals surface area contributed by atoms with Gasteiger partial charge in [0.15, 0.2) is 0 Å². The number of carbonyl (C=O) groups is 1. The van der Waals surface area contributed by atoms with Crippen LogP contribution in [0.4, 0.5) is 0 Å². The molecule has 2 unspecified atom stereocenters. The highest BCUT2D eigenvalue weighted by atomic mass is 16.2. The number of aryl methyl sites for hydroxylation is 1. The van der Waals surface area contributed by atoms with Crippen molar-refractivity contribution in [2.45, 2.75) is 32.4 Å². The summed E-state index contributed by atoms with van der Waals surface area (Å²) in [7, 11) is 3.67. The van der Waals surface area contributed by atoms with Crippen LogP contribution >= 0.6 is 0 Å². The highest BCUT2D eigenvalue weighted by Gasteiger charge is 2.34. The Hall–Kier alpha value is -1.39. The maximum Gasteiger partial charge on any atom is 0.240 e. The number of hydrogen-bond acceptors (Lipinski definition) is 3. The molecule has 116 valence electrons. The highest BCUT2D eigenvalue weighted by molar-refractivity contribution is 5.81. The van der Waals surface area contributed by atoms with Gasteiger partial charge >= 0.3 is 0 Å². The van der Waals surface area contributed by atoms with Gasteiger partial charge in [0.05, 0.1) is 0 Å². The van der Waals surface area contributed by atoms with Crippen LogP contribution in [0.2, 0.25) is 0 Å². The van der Waals surface area contributed by atoms with Crippen molar-refractivity contribution in [3.8, 4) is 0 Å². The number of likely N-dealkylation sites (N-methyl/N-ethyl adjacent to an activating group) is 1. The predicted octanol–water partition coefficient (Wildman–Crippen LogP) is 1.81. The lowest BCUT2D eigenvalue weighted by molar-refractivity contribution is -0.136. The molecule has 1 aromatic carbocycles. The van der Waals surface area contributed by atoms with Gasteiger partial charge in [0.25, 0.3) is 0 Å². The second-order valence-corrected chi connectivity index (χ2v) is 6.03. The Labute approximate surface area is 128 Å². The van der Waals surface area contributed by atoms with Gasteiger partial charge < -0.3 is 10.2 Å². The number of hydrogen-bond donors (Lipinski definition) is 1. The first-order chi connectivity index (χ1) is 10.0. The normalized spacial score (nSPS) is 21.0. The van der Waals surface area contributed by atoms with E-state index in [1.807, 2.05) is 14.1 Å². The van der Waals surface area contributed by atoms with Crippen LogP contribution in [0.3, 0.4) is 0 Å². The van der Waals surface area contributed by atoms with Crippen molar-refractivity contribution in [1.82, 2.24) is 15.1 Å². The van der Waals surface area contributed by atoms with Crippen LogP contribution in [0.25, 0.3) is 0 Å². The second-order valence-electron chi connectivity index (χ2n) is 6.03. The van der Waals surface area contributed by atoms with Gasteiger partial charge in [0, 0.05) is 39.8 Å². The zero-order valence-corrected chi connectivity index (χ0v) is 13.6. The third-order valence-electron chi connectivity index (χ3n) is 4.26. The third-order valence-corrected chi connectivity index (χ3v) is 4.26. The van der Waals surface area contributed by atoms with E-state index >= 15 is 0 Å². The minimum Gasteiger partial charge on any atom is -0.347 e. The molecule has 4 nitrogen and oxygen atoms in total. The van der Waals surface area contributed by atoms with Crippen LogP contribution < -0.4 is 5.32 Å². The van der Waals surface area contributed by atoms with Gasteiger partial charge in [-0.05, 0) is 18.9 Å². The van der Waals surface area contributed by atoms with Gasteiger partial charge in [0.1, 0.15) is 6.04 Å². The molecule has 4 heteroatoms. The van der Waals surface area contributed by atoms with E-state index in [9.17, 15) is 4.79 Å². The molecule has 1 heterocycles. The summed E-state index contributed by atoms with van der Waals surface area (Å²) in [6, 6.07) is 8.94. The first-order valence-electron chi connectivity index (χ1n) is 7.78. The SMILES string of the molecule is CCC(c1ccc(C)cc1)N1CCNCC1C(=O)N(C)C. The van der Waals surface area contributed by atoms with E-state index in [0.717, 1.165) is 26.1 Å². The molecule has 21 heavy (non-hydrogen) atoms. The maximum absolute atomic E-state index is 12.5. The topological polar surface area (TPSA) is 35.6 Å². The molecule has 0 bridgehead atoms. The molecule has 1 N–H and O–H groups in total. The monoisotopic (exact) mass is 289 g/mol. The Balaban J connectivity index is 2.25. The molecule has 1 saturated heterocycles. The van der Waals surface area contributed by atoms with Crippen LogP contribution in [0.15, 0.2) is 24.3 Å². The molecule has 1 fully saturated rings. The van der Waals surface area contributed by atoms with E-state index in [1.165, 1.54) is 11.1 Å². The van der Waals surface area contributed by atoms with E-state index in [2.05, 4.69) is 48.3 Å². The summed E-state index contributed by atoms with van der Waals surface area (Å²) in [6.07, 6.45) is 1.01. The van der Waals surface area contributed by atoms with E-state index in [4.69, 9.17) is 0 Å². The largest absolute Gasteiger partial charge is 0.347 e. The van der Waals surface area contributed by atoms with Crippen molar-refractivity contribution in [1.29, 1.82) is 0 Å². The Morgan fingerprint density at radius 1 is 1.38 bits per heavy atom. The molecule has 0 aliphatic carbocycles. The molecule has 1 aliphatic heterocycles. The van der Waals surface area contributed by atoms with Gasteiger partial charge in [0.2, 0.25) is 5.91 Å². The van der Waals surface area contributed by atoms with Crippen LogP contribution in [0, 0.1) is 6.92 Å². The standard InChI is InChI=1S/C17H27N3O/c1-5-15(14-8-6-13(2)7-9-14)20-11-10-18-12-16(20)17(21)19(3)4/h6-9,15-16,18H,5,10-12H2,1-4H3. The van der Waals surface area contributed by atoms with Crippen molar-refractivity contribution in [3.05, 3.63) is 35.4 Å². The van der Waals surface area contributed by atoms with Gasteiger partial charge in [-0.2, -0.15) is 0 Å². The van der Waals surface area contributed by atoms with Gasteiger partial charge in [-0.3, -0.25) is 9.69 Å². The van der Waals surface area contributed by atoms with Crippen LogP contribution in [-0.2, 0) is 4.79 Å². The lowest BCUT2D eigenvalue weighted by Gasteiger charge is -2.41. The summed E-state index contributed by atoms with van der Waals surface area (Å²) < 4.78 is 0. The first-order valence-corrected chi connectivity index (χ1v) is 7.78. The molecule has 2 rings (SSSR count). The number of rotatable bonds is 4. The Morgan fingerprint density at radius 2 is 2.05 bits per heavy atom. The number of piperazine rings is 1. The van der Waals surface area contributed by atoms with Crippen LogP contribution in [-0.4, -0.2) is 55.5 Å². The first kappa shape index (κ1) is 16.0. The van der Waals surface area contributed by atoms with E-state index in [0.29, 0.717) is 6.04 Å². The third kappa shape index (κ3) is 3.63. The number of benzene rings is 1. The molecule has 0 saturated carbocycles. The Bertz CT molecular complexity index is 469. The maximum atomic E-state index is 12.5. The summed E-state index contributed by atoms with van der Waals surface area (Å²) >= 11 is 0. The fraction of sp³-hybridized carbons (Fsp3) is 0.588. The van der Waals surface area contributed by atoms with Crippen molar-refractivity contribution >= 4 is 5.91 Å². The smallest absolute Gasteiger partial charge is 0.240 e. The Morgan fingerprint density at radius 3 is 2.62 bits per heavy atom. The van der Waals surface area contributed by atoms with Crippen LogP contribution in [0.1, 0.15) is 30.5 Å². The van der Waals surface area contributed by atoms with Gasteiger partial charge in [-0.15, -0.1) is 0 Å². The fourth-order valence-corrected chi connectivity index (χ4v) is 3.07. The number of nitrogens with zero attached hydrogens (tertiary/aromatic N) is 2. The minimum atomic E-state index is -0.0694. The fourth-order valence-electron chi connectivity index (χ4n) is 3.07. The van der Waals surface area contributed by atoms with Crippen molar-refractivity contribution < 1.29 is 4.79 Å². The molecule has 0 aromatic heterocycles. The molecule has 1 aromatic rings. The van der Waals surface area contributed by atoms with E-state index < -0.39 is 0 Å². The lowest BCUT2D eigenvalue weighted by atomic mass is 9.98. The van der Waals surface area contributed by atoms with Gasteiger partial charge in [-0.1, -0.05) is 36.8 Å². The average Bonchev–Trinajstić information content (AvgIpc) is 2.49. The zero-order chi connectivity index (χ0) is 15.4. The molecule has 1 amide bonds. The van der Waals surface area contributed by atoms with Crippen LogP contribution in [0.5, 0.6) is 0 Å². The highest BCUT2D eigenvalue weighted by Crippen LogP contribution is 2.27. The molecule has 0 radical (unpaired) electrons. The van der Waals surface area contributed by atoms with E-state index in [1.54, 1.807) is 4.90 Å². The lowest BCUT2D eigenvalue weighted by Crippen LogP contribution is -2.58. The summed E-state index contributed by atoms with van der Waals surface area (Å²) in [5.74, 6) is 0.188. The summed E-state index contributed by atoms with van der Waals surface area (Å²) in [5, 5.41) is 3.35.